The second-order valence-corrected chi connectivity index (χ2v) is 11.2. The number of carbonyl (C=O) groups is 1. The summed E-state index contributed by atoms with van der Waals surface area (Å²) in [5.41, 5.74) is 1.66. The minimum absolute atomic E-state index is 0.000536. The molecule has 4 aliphatic rings. The summed E-state index contributed by atoms with van der Waals surface area (Å²) in [4.78, 5) is 14.4. The second-order valence-electron chi connectivity index (χ2n) is 11.2. The van der Waals surface area contributed by atoms with E-state index in [1.165, 1.54) is 5.56 Å². The van der Waals surface area contributed by atoms with E-state index in [1.54, 1.807) is 6.07 Å². The van der Waals surface area contributed by atoms with Gasteiger partial charge in [-0.25, -0.2) is 0 Å². The van der Waals surface area contributed by atoms with E-state index in [2.05, 4.69) is 0 Å². The van der Waals surface area contributed by atoms with Gasteiger partial charge < -0.3 is 14.7 Å². The number of aryl methyl sites for hydroxylation is 1. The molecule has 0 radical (unpaired) electrons. The van der Waals surface area contributed by atoms with Crippen molar-refractivity contribution in [2.75, 3.05) is 26.3 Å². The number of rotatable bonds is 4. The zero-order chi connectivity index (χ0) is 24.1. The van der Waals surface area contributed by atoms with Crippen molar-refractivity contribution in [2.24, 2.45) is 29.1 Å². The summed E-state index contributed by atoms with van der Waals surface area (Å²) in [6.45, 7) is 4.24. The largest absolute Gasteiger partial charge is 0.508 e. The fourth-order valence-electron chi connectivity index (χ4n) is 8.15. The monoisotopic (exact) mass is 479 g/mol. The van der Waals surface area contributed by atoms with Crippen molar-refractivity contribution >= 4 is 5.91 Å². The number of ether oxygens (including phenoxy) is 1. The van der Waals surface area contributed by atoms with E-state index in [-0.39, 0.29) is 41.7 Å². The molecule has 1 amide bonds. The number of hydrogen-bond acceptors (Lipinski definition) is 3. The third-order valence-electron chi connectivity index (χ3n) is 9.57. The molecule has 3 fully saturated rings. The molecule has 7 heteroatoms. The topological polar surface area (TPSA) is 49.8 Å². The minimum Gasteiger partial charge on any atom is -0.508 e. The van der Waals surface area contributed by atoms with Gasteiger partial charge in [0.1, 0.15) is 5.75 Å². The van der Waals surface area contributed by atoms with E-state index in [4.69, 9.17) is 4.74 Å². The Morgan fingerprint density at radius 1 is 1.24 bits per heavy atom. The molecule has 1 N–H and O–H groups in total. The highest BCUT2D eigenvalue weighted by molar-refractivity contribution is 5.76. The molecule has 1 heterocycles. The molecule has 0 bridgehead atoms. The summed E-state index contributed by atoms with van der Waals surface area (Å²) >= 11 is 0. The van der Waals surface area contributed by atoms with Crippen LogP contribution in [0.2, 0.25) is 0 Å². The molecule has 1 unspecified atom stereocenters. The van der Waals surface area contributed by atoms with Crippen molar-refractivity contribution in [3.8, 4) is 5.75 Å². The van der Waals surface area contributed by atoms with E-state index in [0.717, 1.165) is 24.8 Å². The SMILES string of the molecule is C[C@]12CC[C@@H]3c4ccc(O)cc4CC[C@H]3[C@@H]1[C@@H](CCCC(=O)N1CCOCC1)CC2C(F)(F)F. The molecule has 6 atom stereocenters. The Morgan fingerprint density at radius 2 is 2.00 bits per heavy atom. The molecule has 5 rings (SSSR count). The smallest absolute Gasteiger partial charge is 0.392 e. The van der Waals surface area contributed by atoms with Crippen molar-refractivity contribution in [3.05, 3.63) is 29.3 Å². The number of amides is 1. The summed E-state index contributed by atoms with van der Waals surface area (Å²) in [6, 6.07) is 5.55. The van der Waals surface area contributed by atoms with E-state index < -0.39 is 17.5 Å². The predicted octanol–water partition coefficient (Wildman–Crippen LogP) is 5.68. The first-order valence-electron chi connectivity index (χ1n) is 12.9. The van der Waals surface area contributed by atoms with Crippen LogP contribution in [0.1, 0.15) is 68.9 Å². The molecule has 4 nitrogen and oxygen atoms in total. The van der Waals surface area contributed by atoms with Crippen LogP contribution in [0.4, 0.5) is 13.2 Å². The maximum absolute atomic E-state index is 14.3. The molecule has 1 aliphatic heterocycles. The highest BCUT2D eigenvalue weighted by Gasteiger charge is 2.64. The van der Waals surface area contributed by atoms with Gasteiger partial charge in [0.05, 0.1) is 19.1 Å². The number of phenols is 1. The van der Waals surface area contributed by atoms with Crippen LogP contribution in [-0.4, -0.2) is 48.4 Å². The number of hydrogen-bond donors (Lipinski definition) is 1. The molecule has 1 aromatic carbocycles. The summed E-state index contributed by atoms with van der Waals surface area (Å²) in [7, 11) is 0. The second kappa shape index (κ2) is 9.03. The van der Waals surface area contributed by atoms with E-state index in [0.29, 0.717) is 52.0 Å². The predicted molar refractivity (Wildman–Crippen MR) is 122 cm³/mol. The van der Waals surface area contributed by atoms with Gasteiger partial charge in [-0.05, 0) is 97.3 Å². The Bertz CT molecular complexity index is 913. The molecular formula is C27H36F3NO3. The van der Waals surface area contributed by atoms with Gasteiger partial charge in [-0.2, -0.15) is 13.2 Å². The normalized spacial score (nSPS) is 35.4. The molecule has 0 spiro atoms. The van der Waals surface area contributed by atoms with Crippen molar-refractivity contribution < 1.29 is 27.8 Å². The maximum Gasteiger partial charge on any atom is 0.392 e. The zero-order valence-corrected chi connectivity index (χ0v) is 19.9. The highest BCUT2D eigenvalue weighted by atomic mass is 19.4. The number of alkyl halides is 3. The molecular weight excluding hydrogens is 443 g/mol. The molecule has 3 aliphatic carbocycles. The standard InChI is InChI=1S/C27H36F3NO3/c1-26-10-9-21-20-8-6-19(32)15-17(20)5-7-22(21)25(26)18(16-23(26)27(28,29)30)3-2-4-24(33)31-11-13-34-14-12-31/h6,8,15,18,21-23,25,32H,2-5,7,9-14,16H2,1H3/t18-,21+,22+,23?,25-,26+/m0/s1. The van der Waals surface area contributed by atoms with Crippen LogP contribution in [0.5, 0.6) is 5.75 Å². The molecule has 188 valence electrons. The highest BCUT2D eigenvalue weighted by Crippen LogP contribution is 2.68. The third-order valence-corrected chi connectivity index (χ3v) is 9.57. The van der Waals surface area contributed by atoms with Gasteiger partial charge in [-0.3, -0.25) is 4.79 Å². The molecule has 0 aromatic heterocycles. The first kappa shape index (κ1) is 24.0. The number of benzene rings is 1. The molecule has 34 heavy (non-hydrogen) atoms. The van der Waals surface area contributed by atoms with Crippen LogP contribution in [0.15, 0.2) is 18.2 Å². The van der Waals surface area contributed by atoms with Crippen LogP contribution in [0, 0.1) is 29.1 Å². The molecule has 1 saturated heterocycles. The quantitative estimate of drug-likeness (QED) is 0.604. The van der Waals surface area contributed by atoms with Crippen LogP contribution in [0.25, 0.3) is 0 Å². The van der Waals surface area contributed by atoms with Gasteiger partial charge in [0.25, 0.3) is 0 Å². The third kappa shape index (κ3) is 4.22. The lowest BCUT2D eigenvalue weighted by Crippen LogP contribution is -2.46. The number of morpholine rings is 1. The average Bonchev–Trinajstić information content (AvgIpc) is 3.12. The summed E-state index contributed by atoms with van der Waals surface area (Å²) in [6.07, 6.45) is 0.836. The molecule has 1 aromatic rings. The van der Waals surface area contributed by atoms with Crippen LogP contribution in [-0.2, 0) is 16.0 Å². The van der Waals surface area contributed by atoms with Crippen LogP contribution >= 0.6 is 0 Å². The van der Waals surface area contributed by atoms with E-state index in [9.17, 15) is 23.1 Å². The Morgan fingerprint density at radius 3 is 2.74 bits per heavy atom. The van der Waals surface area contributed by atoms with Gasteiger partial charge in [0, 0.05) is 19.5 Å². The molecule has 2 saturated carbocycles. The minimum atomic E-state index is -4.18. The lowest BCUT2D eigenvalue weighted by Gasteiger charge is -2.52. The van der Waals surface area contributed by atoms with Crippen molar-refractivity contribution in [2.45, 2.75) is 70.4 Å². The van der Waals surface area contributed by atoms with Crippen molar-refractivity contribution in [3.63, 3.8) is 0 Å². The fraction of sp³-hybridized carbons (Fsp3) is 0.741. The Kier molecular flexibility index (Phi) is 6.36. The first-order valence-corrected chi connectivity index (χ1v) is 12.9. The van der Waals surface area contributed by atoms with Crippen molar-refractivity contribution in [1.82, 2.24) is 4.90 Å². The Labute approximate surface area is 199 Å². The number of carbonyl (C=O) groups excluding carboxylic acids is 1. The fourth-order valence-corrected chi connectivity index (χ4v) is 8.15. The summed E-state index contributed by atoms with van der Waals surface area (Å²) in [5.74, 6) is -0.357. The number of fused-ring (bicyclic) bond motifs is 5. The number of phenolic OH excluding ortho intramolecular Hbond substituents is 1. The van der Waals surface area contributed by atoms with E-state index in [1.807, 2.05) is 24.0 Å². The van der Waals surface area contributed by atoms with E-state index >= 15 is 0 Å². The Balaban J connectivity index is 1.35. The summed E-state index contributed by atoms with van der Waals surface area (Å²) in [5, 5.41) is 9.92. The van der Waals surface area contributed by atoms with Gasteiger partial charge in [0.2, 0.25) is 5.91 Å². The number of halogens is 3. The van der Waals surface area contributed by atoms with Gasteiger partial charge in [-0.1, -0.05) is 13.0 Å². The summed E-state index contributed by atoms with van der Waals surface area (Å²) < 4.78 is 48.1. The average molecular weight is 480 g/mol. The van der Waals surface area contributed by atoms with Gasteiger partial charge >= 0.3 is 6.18 Å². The van der Waals surface area contributed by atoms with Crippen LogP contribution < -0.4 is 0 Å². The first-order chi connectivity index (χ1) is 16.2. The zero-order valence-electron chi connectivity index (χ0n) is 19.9. The lowest BCUT2D eigenvalue weighted by molar-refractivity contribution is -0.208. The maximum atomic E-state index is 14.3. The van der Waals surface area contributed by atoms with Gasteiger partial charge in [0.15, 0.2) is 0 Å². The van der Waals surface area contributed by atoms with Gasteiger partial charge in [-0.15, -0.1) is 0 Å². The van der Waals surface area contributed by atoms with Crippen LogP contribution in [0.3, 0.4) is 0 Å². The lowest BCUT2D eigenvalue weighted by atomic mass is 9.52. The number of aromatic hydroxyl groups is 1. The Hall–Kier alpha value is -1.76. The number of nitrogens with zero attached hydrogens (tertiary/aromatic N) is 1. The van der Waals surface area contributed by atoms with Crippen molar-refractivity contribution in [1.29, 1.82) is 0 Å².